The highest BCUT2D eigenvalue weighted by atomic mass is 16.5. The number of nitrogens with one attached hydrogen (secondary N) is 1. The average molecular weight is 312 g/mol. The van der Waals surface area contributed by atoms with E-state index in [-0.39, 0.29) is 0 Å². The Bertz CT molecular complexity index is 744. The molecule has 6 nitrogen and oxygen atoms in total. The first-order chi connectivity index (χ1) is 11.3. The van der Waals surface area contributed by atoms with Crippen molar-refractivity contribution in [2.45, 2.75) is 20.0 Å². The van der Waals surface area contributed by atoms with Gasteiger partial charge in [0.15, 0.2) is 5.96 Å². The molecule has 0 radical (unpaired) electrons. The van der Waals surface area contributed by atoms with Gasteiger partial charge in [0.05, 0.1) is 13.1 Å². The van der Waals surface area contributed by atoms with Crippen molar-refractivity contribution in [3.8, 4) is 0 Å². The Morgan fingerprint density at radius 1 is 1.30 bits per heavy atom. The smallest absolute Gasteiger partial charge is 0.194 e. The van der Waals surface area contributed by atoms with Crippen molar-refractivity contribution in [1.29, 1.82) is 0 Å². The lowest BCUT2D eigenvalue weighted by atomic mass is 10.2. The summed E-state index contributed by atoms with van der Waals surface area (Å²) in [5.41, 5.74) is 1.71. The van der Waals surface area contributed by atoms with Crippen molar-refractivity contribution < 1.29 is 8.94 Å². The monoisotopic (exact) mass is 312 g/mol. The maximum Gasteiger partial charge on any atom is 0.194 e. The molecule has 0 bridgehead atoms. The molecule has 23 heavy (non-hydrogen) atoms. The summed E-state index contributed by atoms with van der Waals surface area (Å²) in [6, 6.07) is 11.9. The third-order valence-corrected chi connectivity index (χ3v) is 3.45. The summed E-state index contributed by atoms with van der Waals surface area (Å²) in [7, 11) is 1.98. The third-order valence-electron chi connectivity index (χ3n) is 3.45. The Hall–Kier alpha value is -2.76. The van der Waals surface area contributed by atoms with Gasteiger partial charge in [0.1, 0.15) is 23.3 Å². The second-order valence-corrected chi connectivity index (χ2v) is 5.27. The Balaban J connectivity index is 1.72. The summed E-state index contributed by atoms with van der Waals surface area (Å²) < 4.78 is 10.7. The molecular formula is C17H20N4O2. The molecule has 6 heteroatoms. The standard InChI is InChI=1S/C17H20N4O2/c1-3-18-17(19-11-14-8-9-22-20-14)21(2)12-15-10-13-6-4-5-7-16(13)23-15/h4-10H,3,11-12H2,1-2H3,(H,18,19). The van der Waals surface area contributed by atoms with E-state index in [4.69, 9.17) is 8.94 Å². The third kappa shape index (κ3) is 3.71. The van der Waals surface area contributed by atoms with Crippen LogP contribution < -0.4 is 5.32 Å². The number of hydrogen-bond acceptors (Lipinski definition) is 4. The summed E-state index contributed by atoms with van der Waals surface area (Å²) >= 11 is 0. The highest BCUT2D eigenvalue weighted by Gasteiger charge is 2.10. The van der Waals surface area contributed by atoms with Gasteiger partial charge in [0.2, 0.25) is 0 Å². The van der Waals surface area contributed by atoms with Crippen molar-refractivity contribution >= 4 is 16.9 Å². The SMILES string of the molecule is CCNC(=NCc1ccon1)N(C)Cc1cc2ccccc2o1. The minimum Gasteiger partial charge on any atom is -0.459 e. The number of fused-ring (bicyclic) bond motifs is 1. The highest BCUT2D eigenvalue weighted by Crippen LogP contribution is 2.19. The molecule has 0 saturated heterocycles. The molecule has 3 rings (SSSR count). The van der Waals surface area contributed by atoms with Gasteiger partial charge in [0.25, 0.3) is 0 Å². The summed E-state index contributed by atoms with van der Waals surface area (Å²) in [5, 5.41) is 8.26. The molecule has 2 heterocycles. The number of hydrogen-bond donors (Lipinski definition) is 1. The Morgan fingerprint density at radius 2 is 2.17 bits per heavy atom. The summed E-state index contributed by atoms with van der Waals surface area (Å²) in [6.07, 6.45) is 1.55. The maximum absolute atomic E-state index is 5.87. The lowest BCUT2D eigenvalue weighted by Crippen LogP contribution is -2.38. The summed E-state index contributed by atoms with van der Waals surface area (Å²) in [4.78, 5) is 6.60. The van der Waals surface area contributed by atoms with E-state index < -0.39 is 0 Å². The normalized spacial score (nSPS) is 11.8. The minimum atomic E-state index is 0.475. The second-order valence-electron chi connectivity index (χ2n) is 5.27. The topological polar surface area (TPSA) is 66.8 Å². The molecule has 0 atom stereocenters. The molecule has 0 saturated carbocycles. The second kappa shape index (κ2) is 7.00. The van der Waals surface area contributed by atoms with Crippen LogP contribution in [0.1, 0.15) is 18.4 Å². The van der Waals surface area contributed by atoms with Crippen molar-refractivity contribution in [3.05, 3.63) is 54.1 Å². The first-order valence-corrected chi connectivity index (χ1v) is 7.62. The lowest BCUT2D eigenvalue weighted by Gasteiger charge is -2.20. The Kier molecular flexibility index (Phi) is 4.61. The zero-order chi connectivity index (χ0) is 16.1. The van der Waals surface area contributed by atoms with Crippen LogP contribution in [0.15, 0.2) is 56.6 Å². The van der Waals surface area contributed by atoms with E-state index in [0.717, 1.165) is 34.9 Å². The number of nitrogens with zero attached hydrogens (tertiary/aromatic N) is 3. The molecule has 0 spiro atoms. The van der Waals surface area contributed by atoms with Crippen LogP contribution in [0, 0.1) is 0 Å². The van der Waals surface area contributed by atoms with E-state index >= 15 is 0 Å². The van der Waals surface area contributed by atoms with E-state index in [2.05, 4.69) is 21.5 Å². The van der Waals surface area contributed by atoms with Crippen LogP contribution in [0.2, 0.25) is 0 Å². The van der Waals surface area contributed by atoms with E-state index in [1.165, 1.54) is 0 Å². The highest BCUT2D eigenvalue weighted by molar-refractivity contribution is 5.80. The molecule has 0 fully saturated rings. The van der Waals surface area contributed by atoms with Crippen LogP contribution in [-0.2, 0) is 13.1 Å². The van der Waals surface area contributed by atoms with Crippen LogP contribution in [0.25, 0.3) is 11.0 Å². The van der Waals surface area contributed by atoms with Gasteiger partial charge in [-0.3, -0.25) is 0 Å². The fraction of sp³-hybridized carbons (Fsp3) is 0.294. The van der Waals surface area contributed by atoms with Crippen LogP contribution in [0.4, 0.5) is 0 Å². The van der Waals surface area contributed by atoms with Gasteiger partial charge in [-0.2, -0.15) is 0 Å². The van der Waals surface area contributed by atoms with Crippen molar-refractivity contribution in [3.63, 3.8) is 0 Å². The van der Waals surface area contributed by atoms with Crippen LogP contribution in [0.3, 0.4) is 0 Å². The Labute approximate surface area is 134 Å². The van der Waals surface area contributed by atoms with Crippen LogP contribution in [-0.4, -0.2) is 29.6 Å². The van der Waals surface area contributed by atoms with Gasteiger partial charge in [-0.15, -0.1) is 0 Å². The molecular weight excluding hydrogens is 292 g/mol. The fourth-order valence-corrected chi connectivity index (χ4v) is 2.37. The zero-order valence-electron chi connectivity index (χ0n) is 13.3. The fourth-order valence-electron chi connectivity index (χ4n) is 2.37. The van der Waals surface area contributed by atoms with Crippen LogP contribution >= 0.6 is 0 Å². The molecule has 0 aliphatic heterocycles. The molecule has 1 aromatic carbocycles. The van der Waals surface area contributed by atoms with Gasteiger partial charge < -0.3 is 19.2 Å². The van der Waals surface area contributed by atoms with Crippen LogP contribution in [0.5, 0.6) is 0 Å². The van der Waals surface area contributed by atoms with Crippen molar-refractivity contribution in [1.82, 2.24) is 15.4 Å². The maximum atomic E-state index is 5.87. The van der Waals surface area contributed by atoms with E-state index in [0.29, 0.717) is 13.1 Å². The molecule has 1 N–H and O–H groups in total. The number of para-hydroxylation sites is 1. The predicted octanol–water partition coefficient (Wildman–Crippen LogP) is 3.02. The minimum absolute atomic E-state index is 0.475. The zero-order valence-corrected chi connectivity index (χ0v) is 13.3. The van der Waals surface area contributed by atoms with Gasteiger partial charge in [-0.05, 0) is 19.1 Å². The van der Waals surface area contributed by atoms with Gasteiger partial charge in [-0.25, -0.2) is 4.99 Å². The number of guanidine groups is 1. The molecule has 0 aliphatic carbocycles. The average Bonchev–Trinajstić information content (AvgIpc) is 3.19. The molecule has 120 valence electrons. The van der Waals surface area contributed by atoms with Crippen molar-refractivity contribution in [2.24, 2.45) is 4.99 Å². The quantitative estimate of drug-likeness (QED) is 0.579. The number of aromatic nitrogens is 1. The first kappa shape index (κ1) is 15.1. The number of rotatable bonds is 5. The van der Waals surface area contributed by atoms with Gasteiger partial charge in [0, 0.05) is 25.0 Å². The van der Waals surface area contributed by atoms with E-state index in [9.17, 15) is 0 Å². The number of benzene rings is 1. The van der Waals surface area contributed by atoms with Gasteiger partial charge in [-0.1, -0.05) is 23.4 Å². The van der Waals surface area contributed by atoms with Crippen molar-refractivity contribution in [2.75, 3.05) is 13.6 Å². The molecule has 0 aliphatic rings. The Morgan fingerprint density at radius 3 is 2.91 bits per heavy atom. The predicted molar refractivity (Wildman–Crippen MR) is 89.0 cm³/mol. The molecule has 0 unspecified atom stereocenters. The van der Waals surface area contributed by atoms with Gasteiger partial charge >= 0.3 is 0 Å². The summed E-state index contributed by atoms with van der Waals surface area (Å²) in [6.45, 7) is 3.95. The summed E-state index contributed by atoms with van der Waals surface area (Å²) in [5.74, 6) is 1.71. The molecule has 3 aromatic rings. The number of furan rings is 1. The van der Waals surface area contributed by atoms with E-state index in [1.807, 2.05) is 49.2 Å². The van der Waals surface area contributed by atoms with E-state index in [1.54, 1.807) is 6.26 Å². The molecule has 0 amide bonds. The largest absolute Gasteiger partial charge is 0.459 e. The first-order valence-electron chi connectivity index (χ1n) is 7.62. The number of aliphatic imine (C=N–C) groups is 1. The molecule has 2 aromatic heterocycles. The lowest BCUT2D eigenvalue weighted by molar-refractivity contribution is 0.407.